The zero-order valence-corrected chi connectivity index (χ0v) is 11.9. The molecular formula is C15H26N2O2+2. The van der Waals surface area contributed by atoms with Gasteiger partial charge in [-0.05, 0) is 24.3 Å². The third-order valence-electron chi connectivity index (χ3n) is 3.68. The zero-order valence-electron chi connectivity index (χ0n) is 11.9. The maximum atomic E-state index is 5.37. The number of hydrogen-bond donors (Lipinski definition) is 2. The summed E-state index contributed by atoms with van der Waals surface area (Å²) in [5, 5.41) is 2.39. The number of nitrogens with two attached hydrogens (primary N) is 1. The third-order valence-corrected chi connectivity index (χ3v) is 3.68. The summed E-state index contributed by atoms with van der Waals surface area (Å²) in [6.07, 6.45) is 1.28. The number of rotatable bonds is 7. The van der Waals surface area contributed by atoms with Gasteiger partial charge in [0.15, 0.2) is 0 Å². The summed E-state index contributed by atoms with van der Waals surface area (Å²) in [5.74, 6) is 0.930. The molecule has 1 heterocycles. The number of morpholine rings is 1. The Morgan fingerprint density at radius 2 is 1.95 bits per heavy atom. The van der Waals surface area contributed by atoms with E-state index in [1.807, 2.05) is 12.1 Å². The van der Waals surface area contributed by atoms with Crippen molar-refractivity contribution in [3.8, 4) is 5.75 Å². The Labute approximate surface area is 115 Å². The molecule has 0 radical (unpaired) electrons. The van der Waals surface area contributed by atoms with Crippen LogP contribution in [0, 0.1) is 0 Å². The number of benzene rings is 1. The van der Waals surface area contributed by atoms with Crippen LogP contribution in [-0.2, 0) is 11.3 Å². The first kappa shape index (κ1) is 14.3. The average molecular weight is 266 g/mol. The van der Waals surface area contributed by atoms with Crippen molar-refractivity contribution in [2.75, 3.05) is 46.5 Å². The quantitative estimate of drug-likeness (QED) is 0.626. The van der Waals surface area contributed by atoms with Gasteiger partial charge in [0.25, 0.3) is 0 Å². The molecule has 0 bridgehead atoms. The molecule has 0 aromatic heterocycles. The lowest BCUT2D eigenvalue weighted by molar-refractivity contribution is -0.909. The molecule has 4 nitrogen and oxygen atoms in total. The third kappa shape index (κ3) is 5.19. The molecule has 1 aromatic carbocycles. The number of methoxy groups -OCH3 is 1. The fourth-order valence-electron chi connectivity index (χ4n) is 2.44. The molecule has 0 saturated carbocycles. The molecule has 1 aliphatic rings. The summed E-state index contributed by atoms with van der Waals surface area (Å²) in [6.45, 7) is 7.77. The van der Waals surface area contributed by atoms with Crippen molar-refractivity contribution >= 4 is 0 Å². The lowest BCUT2D eigenvalue weighted by Gasteiger charge is -2.23. The molecule has 1 aliphatic heterocycles. The minimum Gasteiger partial charge on any atom is -0.497 e. The smallest absolute Gasteiger partial charge is 0.118 e. The molecule has 1 saturated heterocycles. The standard InChI is InChI=1S/C15H24N2O2/c1-18-15-5-3-14(4-6-15)13-16-7-2-8-17-9-11-19-12-10-17/h3-6,16H,2,7-13H2,1H3/p+2. The first-order valence-corrected chi connectivity index (χ1v) is 7.24. The minimum absolute atomic E-state index is 0.930. The van der Waals surface area contributed by atoms with Crippen molar-refractivity contribution < 1.29 is 19.7 Å². The molecule has 106 valence electrons. The fraction of sp³-hybridized carbons (Fsp3) is 0.600. The highest BCUT2D eigenvalue weighted by molar-refractivity contribution is 5.26. The van der Waals surface area contributed by atoms with Crippen LogP contribution in [-0.4, -0.2) is 46.5 Å². The van der Waals surface area contributed by atoms with E-state index < -0.39 is 0 Å². The Hall–Kier alpha value is -1.10. The van der Waals surface area contributed by atoms with Gasteiger partial charge < -0.3 is 19.7 Å². The summed E-state index contributed by atoms with van der Waals surface area (Å²) in [6, 6.07) is 8.34. The largest absolute Gasteiger partial charge is 0.497 e. The van der Waals surface area contributed by atoms with E-state index in [1.165, 1.54) is 38.2 Å². The predicted molar refractivity (Wildman–Crippen MR) is 74.5 cm³/mol. The van der Waals surface area contributed by atoms with E-state index in [9.17, 15) is 0 Å². The molecule has 1 fully saturated rings. The van der Waals surface area contributed by atoms with Gasteiger partial charge in [-0.1, -0.05) is 0 Å². The second kappa shape index (κ2) is 8.15. The first-order chi connectivity index (χ1) is 9.38. The number of hydrogen-bond acceptors (Lipinski definition) is 2. The van der Waals surface area contributed by atoms with E-state index in [0.29, 0.717) is 0 Å². The van der Waals surface area contributed by atoms with Crippen molar-refractivity contribution in [3.05, 3.63) is 29.8 Å². The van der Waals surface area contributed by atoms with E-state index in [-0.39, 0.29) is 0 Å². The highest BCUT2D eigenvalue weighted by atomic mass is 16.5. The summed E-state index contributed by atoms with van der Waals surface area (Å²) in [4.78, 5) is 1.70. The van der Waals surface area contributed by atoms with Crippen molar-refractivity contribution in [2.24, 2.45) is 0 Å². The van der Waals surface area contributed by atoms with Gasteiger partial charge in [0.1, 0.15) is 25.4 Å². The van der Waals surface area contributed by atoms with Gasteiger partial charge in [0, 0.05) is 12.0 Å². The maximum Gasteiger partial charge on any atom is 0.118 e. The van der Waals surface area contributed by atoms with Gasteiger partial charge in [-0.25, -0.2) is 0 Å². The van der Waals surface area contributed by atoms with Crippen LogP contribution in [0.1, 0.15) is 12.0 Å². The van der Waals surface area contributed by atoms with E-state index >= 15 is 0 Å². The Morgan fingerprint density at radius 1 is 1.21 bits per heavy atom. The molecule has 3 N–H and O–H groups in total. The lowest BCUT2D eigenvalue weighted by Crippen LogP contribution is -3.14. The zero-order chi connectivity index (χ0) is 13.3. The van der Waals surface area contributed by atoms with Gasteiger partial charge in [0.2, 0.25) is 0 Å². The van der Waals surface area contributed by atoms with Crippen LogP contribution in [0.3, 0.4) is 0 Å². The van der Waals surface area contributed by atoms with Crippen LogP contribution < -0.4 is 15.0 Å². The van der Waals surface area contributed by atoms with Crippen LogP contribution in [0.2, 0.25) is 0 Å². The summed E-state index contributed by atoms with van der Waals surface area (Å²) < 4.78 is 10.5. The first-order valence-electron chi connectivity index (χ1n) is 7.24. The van der Waals surface area contributed by atoms with Gasteiger partial charge in [0.05, 0.1) is 33.4 Å². The monoisotopic (exact) mass is 266 g/mol. The molecule has 4 heteroatoms. The summed E-state index contributed by atoms with van der Waals surface area (Å²) in [7, 11) is 1.70. The van der Waals surface area contributed by atoms with Crippen molar-refractivity contribution in [3.63, 3.8) is 0 Å². The molecule has 0 amide bonds. The molecule has 0 aliphatic carbocycles. The Balaban J connectivity index is 1.55. The van der Waals surface area contributed by atoms with Gasteiger partial charge >= 0.3 is 0 Å². The van der Waals surface area contributed by atoms with E-state index in [0.717, 1.165) is 25.5 Å². The molecule has 0 unspecified atom stereocenters. The molecule has 0 spiro atoms. The Bertz CT molecular complexity index is 348. The number of ether oxygens (including phenoxy) is 2. The molecule has 2 rings (SSSR count). The predicted octanol–water partition coefficient (Wildman–Crippen LogP) is -0.936. The van der Waals surface area contributed by atoms with Gasteiger partial charge in [-0.15, -0.1) is 0 Å². The second-order valence-electron chi connectivity index (χ2n) is 5.10. The van der Waals surface area contributed by atoms with Crippen molar-refractivity contribution in [1.29, 1.82) is 0 Å². The van der Waals surface area contributed by atoms with Gasteiger partial charge in [-0.2, -0.15) is 0 Å². The molecule has 0 atom stereocenters. The van der Waals surface area contributed by atoms with Crippen LogP contribution in [0.15, 0.2) is 24.3 Å². The fourth-order valence-corrected chi connectivity index (χ4v) is 2.44. The minimum atomic E-state index is 0.930. The van der Waals surface area contributed by atoms with Crippen LogP contribution >= 0.6 is 0 Å². The SMILES string of the molecule is COc1ccc(C[NH2+]CCC[NH+]2CCOCC2)cc1. The topological polar surface area (TPSA) is 39.5 Å². The second-order valence-corrected chi connectivity index (χ2v) is 5.10. The number of quaternary nitrogens is 2. The molecular weight excluding hydrogens is 240 g/mol. The van der Waals surface area contributed by atoms with E-state index in [4.69, 9.17) is 9.47 Å². The lowest BCUT2D eigenvalue weighted by atomic mass is 10.2. The normalized spacial score (nSPS) is 16.5. The highest BCUT2D eigenvalue weighted by Crippen LogP contribution is 2.09. The molecule has 1 aromatic rings. The Morgan fingerprint density at radius 3 is 2.63 bits per heavy atom. The number of nitrogens with one attached hydrogen (secondary N) is 1. The summed E-state index contributed by atoms with van der Waals surface area (Å²) >= 11 is 0. The van der Waals surface area contributed by atoms with E-state index in [2.05, 4.69) is 17.4 Å². The van der Waals surface area contributed by atoms with Crippen molar-refractivity contribution in [1.82, 2.24) is 0 Å². The van der Waals surface area contributed by atoms with Gasteiger partial charge in [-0.3, -0.25) is 0 Å². The average Bonchev–Trinajstić information content (AvgIpc) is 2.49. The maximum absolute atomic E-state index is 5.37. The van der Waals surface area contributed by atoms with Crippen molar-refractivity contribution in [2.45, 2.75) is 13.0 Å². The summed E-state index contributed by atoms with van der Waals surface area (Å²) in [5.41, 5.74) is 1.36. The highest BCUT2D eigenvalue weighted by Gasteiger charge is 2.12. The van der Waals surface area contributed by atoms with Crippen LogP contribution in [0.5, 0.6) is 5.75 Å². The van der Waals surface area contributed by atoms with Crippen LogP contribution in [0.4, 0.5) is 0 Å². The van der Waals surface area contributed by atoms with Crippen LogP contribution in [0.25, 0.3) is 0 Å². The molecule has 19 heavy (non-hydrogen) atoms. The Kier molecular flexibility index (Phi) is 6.14. The van der Waals surface area contributed by atoms with E-state index in [1.54, 1.807) is 12.0 Å².